The van der Waals surface area contributed by atoms with Crippen molar-refractivity contribution in [3.05, 3.63) is 47.5 Å². The third-order valence-electron chi connectivity index (χ3n) is 10.0. The van der Waals surface area contributed by atoms with Crippen LogP contribution in [0.1, 0.15) is 122 Å². The maximum atomic E-state index is 2.67. The van der Waals surface area contributed by atoms with E-state index in [1.54, 1.807) is 21.2 Å². The van der Waals surface area contributed by atoms with Crippen LogP contribution < -0.4 is 21.2 Å². The molecule has 0 fully saturated rings. The molecular formula is C37H65P3+2. The first-order valence-electron chi connectivity index (χ1n) is 15.8. The Bertz CT molecular complexity index is 1040. The molecule has 0 unspecified atom stereocenters. The standard InChI is InChI=1S/C37H65P3/c1-25(2)38(32-21-19-30(36(11,12)13)23-34(32)39(17,26(3)4)27(5)6)33-22-20-31(37(14,15)16)24-35(33)40(18,28(7)8)29(9)10/h19-29H,1-18H3/q+2. The molecular weight excluding hydrogens is 537 g/mol. The Labute approximate surface area is 253 Å². The van der Waals surface area contributed by atoms with Gasteiger partial charge in [-0.15, -0.1) is 0 Å². The van der Waals surface area contributed by atoms with Gasteiger partial charge < -0.3 is 0 Å². The first kappa shape index (κ1) is 35.9. The van der Waals surface area contributed by atoms with Gasteiger partial charge in [0.2, 0.25) is 0 Å². The van der Waals surface area contributed by atoms with Crippen LogP contribution in [0, 0.1) is 0 Å². The quantitative estimate of drug-likeness (QED) is 0.251. The van der Waals surface area contributed by atoms with Crippen LogP contribution in [0.5, 0.6) is 0 Å². The second kappa shape index (κ2) is 12.8. The van der Waals surface area contributed by atoms with Crippen molar-refractivity contribution >= 4 is 43.7 Å². The first-order chi connectivity index (χ1) is 18.0. The average Bonchev–Trinajstić information content (AvgIpc) is 2.81. The smallest absolute Gasteiger partial charge is 0.0582 e. The van der Waals surface area contributed by atoms with Crippen molar-refractivity contribution in [1.29, 1.82) is 0 Å². The zero-order valence-electron chi connectivity index (χ0n) is 29.7. The van der Waals surface area contributed by atoms with Crippen LogP contribution in [0.25, 0.3) is 0 Å². The van der Waals surface area contributed by atoms with Crippen LogP contribution in [0.3, 0.4) is 0 Å². The molecule has 0 aromatic heterocycles. The van der Waals surface area contributed by atoms with E-state index in [2.05, 4.69) is 161 Å². The normalized spacial score (nSPS) is 14.1. The van der Waals surface area contributed by atoms with Crippen LogP contribution in [0.15, 0.2) is 36.4 Å². The summed E-state index contributed by atoms with van der Waals surface area (Å²) in [5.41, 5.74) is 6.50. The monoisotopic (exact) mass is 602 g/mol. The molecule has 0 spiro atoms. The van der Waals surface area contributed by atoms with Crippen molar-refractivity contribution in [2.45, 2.75) is 150 Å². The molecule has 0 N–H and O–H groups in total. The minimum Gasteiger partial charge on any atom is -0.0582 e. The lowest BCUT2D eigenvalue weighted by Gasteiger charge is -2.38. The van der Waals surface area contributed by atoms with Crippen molar-refractivity contribution in [1.82, 2.24) is 0 Å². The average molecular weight is 603 g/mol. The maximum absolute atomic E-state index is 2.67. The molecule has 2 aromatic carbocycles. The lowest BCUT2D eigenvalue weighted by molar-refractivity contribution is 0.590. The molecule has 40 heavy (non-hydrogen) atoms. The molecule has 226 valence electrons. The molecule has 2 rings (SSSR count). The zero-order valence-corrected chi connectivity index (χ0v) is 32.4. The van der Waals surface area contributed by atoms with E-state index in [0.717, 1.165) is 0 Å². The van der Waals surface area contributed by atoms with Crippen molar-refractivity contribution in [2.75, 3.05) is 13.3 Å². The minimum atomic E-state index is -1.42. The molecule has 0 amide bonds. The number of hydrogen-bond donors (Lipinski definition) is 0. The van der Waals surface area contributed by atoms with E-state index in [1.807, 2.05) is 0 Å². The Hall–Kier alpha value is -0.270. The molecule has 0 bridgehead atoms. The SMILES string of the molecule is CC(C)P(c1ccc(C(C)(C)C)cc1[P+](C)(C(C)C)C(C)C)c1ccc(C(C)(C)C)cc1[P+](C)(C(C)C)C(C)C. The second-order valence-corrected chi connectivity index (χ2v) is 28.5. The zero-order chi connectivity index (χ0) is 31.2. The van der Waals surface area contributed by atoms with Gasteiger partial charge in [-0.2, -0.15) is 0 Å². The lowest BCUT2D eigenvalue weighted by Crippen LogP contribution is -2.42. The van der Waals surface area contributed by atoms with Crippen LogP contribution in [-0.2, 0) is 10.8 Å². The van der Waals surface area contributed by atoms with Crippen molar-refractivity contribution < 1.29 is 0 Å². The van der Waals surface area contributed by atoms with Crippen molar-refractivity contribution in [3.63, 3.8) is 0 Å². The van der Waals surface area contributed by atoms with Gasteiger partial charge in [-0.25, -0.2) is 0 Å². The molecule has 0 radical (unpaired) electrons. The molecule has 3 heteroatoms. The fourth-order valence-electron chi connectivity index (χ4n) is 6.15. The summed E-state index contributed by atoms with van der Waals surface area (Å²) in [6.07, 6.45) is 0. The van der Waals surface area contributed by atoms with Crippen LogP contribution in [0.2, 0.25) is 0 Å². The molecule has 0 atom stereocenters. The van der Waals surface area contributed by atoms with Gasteiger partial charge in [0.05, 0.1) is 36.0 Å². The molecule has 0 nitrogen and oxygen atoms in total. The van der Waals surface area contributed by atoms with Gasteiger partial charge >= 0.3 is 0 Å². The summed E-state index contributed by atoms with van der Waals surface area (Å²) < 4.78 is 0. The van der Waals surface area contributed by atoms with Crippen LogP contribution in [-0.4, -0.2) is 41.6 Å². The Balaban J connectivity index is 3.13. The summed E-state index contributed by atoms with van der Waals surface area (Å²) in [4.78, 5) is 0. The summed E-state index contributed by atoms with van der Waals surface area (Å²) >= 11 is 0. The van der Waals surface area contributed by atoms with Gasteiger partial charge in [-0.1, -0.05) is 67.5 Å². The topological polar surface area (TPSA) is 0 Å². The van der Waals surface area contributed by atoms with E-state index in [9.17, 15) is 0 Å². The Morgan fingerprint density at radius 1 is 0.500 bits per heavy atom. The molecule has 0 aliphatic rings. The molecule has 0 aliphatic carbocycles. The molecule has 0 saturated carbocycles. The van der Waals surface area contributed by atoms with Crippen molar-refractivity contribution in [3.8, 4) is 0 Å². The van der Waals surface area contributed by atoms with Gasteiger partial charge in [0.1, 0.15) is 10.6 Å². The molecule has 2 aromatic rings. The van der Waals surface area contributed by atoms with Crippen molar-refractivity contribution in [2.24, 2.45) is 0 Å². The van der Waals surface area contributed by atoms with Crippen LogP contribution >= 0.6 is 22.4 Å². The predicted molar refractivity (Wildman–Crippen MR) is 197 cm³/mol. The van der Waals surface area contributed by atoms with E-state index >= 15 is 0 Å². The Morgan fingerprint density at radius 2 is 0.775 bits per heavy atom. The number of hydrogen-bond acceptors (Lipinski definition) is 0. The van der Waals surface area contributed by atoms with Gasteiger partial charge in [0.25, 0.3) is 0 Å². The fourth-order valence-corrected chi connectivity index (χ4v) is 17.1. The second-order valence-electron chi connectivity index (χ2n) is 16.0. The summed E-state index contributed by atoms with van der Waals surface area (Å²) in [5.74, 6) is 0. The summed E-state index contributed by atoms with van der Waals surface area (Å²) in [5, 5.41) is 6.76. The minimum absolute atomic E-state index is 0.144. The van der Waals surface area contributed by atoms with E-state index < -0.39 is 22.4 Å². The first-order valence-corrected chi connectivity index (χ1v) is 22.0. The third-order valence-corrected chi connectivity index (χ3v) is 24.6. The predicted octanol–water partition coefficient (Wildman–Crippen LogP) is 10.3. The molecule has 0 heterocycles. The van der Waals surface area contributed by atoms with Gasteiger partial charge in [0.15, 0.2) is 0 Å². The summed E-state index contributed by atoms with van der Waals surface area (Å²) in [7, 11) is -3.36. The highest BCUT2D eigenvalue weighted by atomic mass is 31.2. The Morgan fingerprint density at radius 3 is 0.975 bits per heavy atom. The van der Waals surface area contributed by atoms with E-state index in [-0.39, 0.29) is 10.8 Å². The highest BCUT2D eigenvalue weighted by molar-refractivity contribution is 7.88. The maximum Gasteiger partial charge on any atom is 0.102 e. The van der Waals surface area contributed by atoms with Gasteiger partial charge in [-0.3, -0.25) is 0 Å². The van der Waals surface area contributed by atoms with Gasteiger partial charge in [-0.05, 0) is 115 Å². The van der Waals surface area contributed by atoms with E-state index in [0.29, 0.717) is 28.3 Å². The van der Waals surface area contributed by atoms with E-state index in [4.69, 9.17) is 0 Å². The summed E-state index contributed by atoms with van der Waals surface area (Å²) in [6.45, 7) is 44.5. The highest BCUT2D eigenvalue weighted by Crippen LogP contribution is 2.65. The number of rotatable bonds is 9. The van der Waals surface area contributed by atoms with Crippen LogP contribution in [0.4, 0.5) is 0 Å². The Kier molecular flexibility index (Phi) is 11.5. The van der Waals surface area contributed by atoms with E-state index in [1.165, 1.54) is 11.1 Å². The fraction of sp³-hybridized carbons (Fsp3) is 0.676. The lowest BCUT2D eigenvalue weighted by atomic mass is 9.87. The molecule has 0 aliphatic heterocycles. The molecule has 0 saturated heterocycles. The summed E-state index contributed by atoms with van der Waals surface area (Å²) in [6, 6.07) is 15.5. The highest BCUT2D eigenvalue weighted by Gasteiger charge is 2.48. The third kappa shape index (κ3) is 6.93. The van der Waals surface area contributed by atoms with Gasteiger partial charge in [0, 0.05) is 25.1 Å². The largest absolute Gasteiger partial charge is 0.102 e. The number of benzene rings is 2.